The molecule has 1 heterocycles. The van der Waals surface area contributed by atoms with Gasteiger partial charge < -0.3 is 5.11 Å². The smallest absolute Gasteiger partial charge is 0.0916 e. The minimum atomic E-state index is -0.361. The average molecular weight is 261 g/mol. The lowest BCUT2D eigenvalue weighted by Gasteiger charge is -2.26. The Morgan fingerprint density at radius 2 is 2.00 bits per heavy atom. The zero-order valence-corrected chi connectivity index (χ0v) is 10.6. The van der Waals surface area contributed by atoms with Gasteiger partial charge in [-0.1, -0.05) is 23.7 Å². The summed E-state index contributed by atoms with van der Waals surface area (Å²) in [5.41, 5.74) is 0.972. The first kappa shape index (κ1) is 11.6. The number of aliphatic hydroxyl groups excluding tert-OH is 1. The van der Waals surface area contributed by atoms with Crippen LogP contribution in [0.3, 0.4) is 0 Å². The van der Waals surface area contributed by atoms with Gasteiger partial charge in [-0.2, -0.15) is 23.5 Å². The van der Waals surface area contributed by atoms with Crippen LogP contribution >= 0.6 is 35.1 Å². The zero-order valence-electron chi connectivity index (χ0n) is 8.23. The minimum absolute atomic E-state index is 0.324. The van der Waals surface area contributed by atoms with E-state index in [0.29, 0.717) is 5.25 Å². The fourth-order valence-electron chi connectivity index (χ4n) is 1.56. The summed E-state index contributed by atoms with van der Waals surface area (Å²) in [7, 11) is 0. The van der Waals surface area contributed by atoms with Crippen molar-refractivity contribution in [3.05, 3.63) is 34.9 Å². The molecule has 1 aromatic carbocycles. The van der Waals surface area contributed by atoms with Gasteiger partial charge in [-0.25, -0.2) is 0 Å². The minimum Gasteiger partial charge on any atom is -0.387 e. The van der Waals surface area contributed by atoms with Crippen LogP contribution in [0.5, 0.6) is 0 Å². The van der Waals surface area contributed by atoms with Gasteiger partial charge in [-0.15, -0.1) is 0 Å². The van der Waals surface area contributed by atoms with Crippen LogP contribution in [0.15, 0.2) is 24.3 Å². The standard InChI is InChI=1S/C11H13ClOS2/c12-9-3-1-8(2-4-9)11(13)10-7-14-5-6-15-10/h1-4,10-11,13H,5-7H2. The molecule has 0 amide bonds. The molecule has 1 aliphatic rings. The molecule has 0 saturated carbocycles. The monoisotopic (exact) mass is 260 g/mol. The number of halogens is 1. The third-order valence-corrected chi connectivity index (χ3v) is 5.51. The summed E-state index contributed by atoms with van der Waals surface area (Å²) in [4.78, 5) is 0. The quantitative estimate of drug-likeness (QED) is 0.882. The maximum Gasteiger partial charge on any atom is 0.0916 e. The Balaban J connectivity index is 2.05. The van der Waals surface area contributed by atoms with E-state index in [4.69, 9.17) is 11.6 Å². The highest BCUT2D eigenvalue weighted by molar-refractivity contribution is 8.06. The van der Waals surface area contributed by atoms with Crippen LogP contribution in [-0.4, -0.2) is 27.6 Å². The largest absolute Gasteiger partial charge is 0.387 e. The summed E-state index contributed by atoms with van der Waals surface area (Å²) >= 11 is 9.60. The highest BCUT2D eigenvalue weighted by Crippen LogP contribution is 2.33. The first-order valence-electron chi connectivity index (χ1n) is 4.90. The SMILES string of the molecule is OC(c1ccc(Cl)cc1)C1CSCCS1. The molecule has 0 aromatic heterocycles. The summed E-state index contributed by atoms with van der Waals surface area (Å²) in [5, 5.41) is 11.2. The van der Waals surface area contributed by atoms with Gasteiger partial charge in [0.05, 0.1) is 6.10 Å². The predicted molar refractivity (Wildman–Crippen MR) is 70.0 cm³/mol. The van der Waals surface area contributed by atoms with Gasteiger partial charge in [0.2, 0.25) is 0 Å². The highest BCUT2D eigenvalue weighted by atomic mass is 35.5. The number of aliphatic hydroxyl groups is 1. The average Bonchev–Trinajstić information content (AvgIpc) is 2.30. The van der Waals surface area contributed by atoms with E-state index in [-0.39, 0.29) is 6.10 Å². The van der Waals surface area contributed by atoms with Crippen LogP contribution < -0.4 is 0 Å². The molecule has 4 heteroatoms. The van der Waals surface area contributed by atoms with E-state index in [1.807, 2.05) is 47.8 Å². The summed E-state index contributed by atoms with van der Waals surface area (Å²) in [6.07, 6.45) is -0.361. The fourth-order valence-corrected chi connectivity index (χ4v) is 4.44. The molecular weight excluding hydrogens is 248 g/mol. The van der Waals surface area contributed by atoms with E-state index >= 15 is 0 Å². The number of thioether (sulfide) groups is 2. The predicted octanol–water partition coefficient (Wildman–Crippen LogP) is 3.22. The summed E-state index contributed by atoms with van der Waals surface area (Å²) in [6, 6.07) is 7.49. The van der Waals surface area contributed by atoms with Crippen LogP contribution in [0.1, 0.15) is 11.7 Å². The molecule has 0 aliphatic carbocycles. The van der Waals surface area contributed by atoms with Gasteiger partial charge in [0, 0.05) is 27.5 Å². The van der Waals surface area contributed by atoms with Crippen molar-refractivity contribution in [2.45, 2.75) is 11.4 Å². The van der Waals surface area contributed by atoms with E-state index in [1.54, 1.807) is 0 Å². The van der Waals surface area contributed by atoms with Crippen molar-refractivity contribution in [2.75, 3.05) is 17.3 Å². The zero-order chi connectivity index (χ0) is 10.7. The molecule has 1 aromatic rings. The Morgan fingerprint density at radius 3 is 2.60 bits per heavy atom. The van der Waals surface area contributed by atoms with Crippen molar-refractivity contribution in [2.24, 2.45) is 0 Å². The van der Waals surface area contributed by atoms with Crippen LogP contribution in [0.2, 0.25) is 5.02 Å². The van der Waals surface area contributed by atoms with Gasteiger partial charge >= 0.3 is 0 Å². The van der Waals surface area contributed by atoms with Crippen molar-refractivity contribution in [1.29, 1.82) is 0 Å². The molecule has 15 heavy (non-hydrogen) atoms. The van der Waals surface area contributed by atoms with Crippen LogP contribution in [-0.2, 0) is 0 Å². The second kappa shape index (κ2) is 5.48. The highest BCUT2D eigenvalue weighted by Gasteiger charge is 2.23. The molecule has 1 N–H and O–H groups in total. The number of rotatable bonds is 2. The van der Waals surface area contributed by atoms with Crippen molar-refractivity contribution in [3.63, 3.8) is 0 Å². The van der Waals surface area contributed by atoms with E-state index in [2.05, 4.69) is 0 Å². The molecule has 0 bridgehead atoms. The Hall–Kier alpha value is 0.170. The normalized spacial score (nSPS) is 23.7. The van der Waals surface area contributed by atoms with Gasteiger partial charge in [-0.3, -0.25) is 0 Å². The maximum atomic E-state index is 10.2. The van der Waals surface area contributed by atoms with Gasteiger partial charge in [0.15, 0.2) is 0 Å². The van der Waals surface area contributed by atoms with Crippen molar-refractivity contribution in [1.82, 2.24) is 0 Å². The van der Waals surface area contributed by atoms with E-state index in [1.165, 1.54) is 5.75 Å². The molecule has 2 rings (SSSR count). The summed E-state index contributed by atoms with van der Waals surface area (Å²) in [5.74, 6) is 3.38. The first-order chi connectivity index (χ1) is 7.27. The maximum absolute atomic E-state index is 10.2. The molecule has 1 aliphatic heterocycles. The fraction of sp³-hybridized carbons (Fsp3) is 0.455. The Bertz CT molecular complexity index is 309. The molecule has 0 radical (unpaired) electrons. The van der Waals surface area contributed by atoms with E-state index in [0.717, 1.165) is 22.1 Å². The summed E-state index contributed by atoms with van der Waals surface area (Å²) < 4.78 is 0. The lowest BCUT2D eigenvalue weighted by atomic mass is 10.1. The second-order valence-corrected chi connectivity index (χ2v) is 6.41. The molecule has 82 valence electrons. The van der Waals surface area contributed by atoms with Gasteiger partial charge in [0.1, 0.15) is 0 Å². The van der Waals surface area contributed by atoms with E-state index in [9.17, 15) is 5.11 Å². The third kappa shape index (κ3) is 3.06. The number of hydrogen-bond acceptors (Lipinski definition) is 3. The Morgan fingerprint density at radius 1 is 1.27 bits per heavy atom. The first-order valence-corrected chi connectivity index (χ1v) is 7.48. The number of hydrogen-bond donors (Lipinski definition) is 1. The van der Waals surface area contributed by atoms with Gasteiger partial charge in [-0.05, 0) is 17.7 Å². The molecule has 0 spiro atoms. The lowest BCUT2D eigenvalue weighted by Crippen LogP contribution is -2.22. The molecule has 2 atom stereocenters. The molecule has 1 saturated heterocycles. The molecule has 2 unspecified atom stereocenters. The lowest BCUT2D eigenvalue weighted by molar-refractivity contribution is 0.180. The summed E-state index contributed by atoms with van der Waals surface area (Å²) in [6.45, 7) is 0. The van der Waals surface area contributed by atoms with Crippen LogP contribution in [0, 0.1) is 0 Å². The van der Waals surface area contributed by atoms with Crippen molar-refractivity contribution >= 4 is 35.1 Å². The molecule has 1 fully saturated rings. The second-order valence-electron chi connectivity index (χ2n) is 3.48. The third-order valence-electron chi connectivity index (χ3n) is 2.41. The van der Waals surface area contributed by atoms with Crippen molar-refractivity contribution in [3.8, 4) is 0 Å². The number of benzene rings is 1. The van der Waals surface area contributed by atoms with Crippen LogP contribution in [0.4, 0.5) is 0 Å². The molecule has 1 nitrogen and oxygen atoms in total. The Kier molecular flexibility index (Phi) is 4.26. The Labute approximate surface area is 104 Å². The van der Waals surface area contributed by atoms with Gasteiger partial charge in [0.25, 0.3) is 0 Å². The van der Waals surface area contributed by atoms with Crippen molar-refractivity contribution < 1.29 is 5.11 Å². The van der Waals surface area contributed by atoms with E-state index < -0.39 is 0 Å². The van der Waals surface area contributed by atoms with Crippen LogP contribution in [0.25, 0.3) is 0 Å². The molecular formula is C11H13ClOS2. The topological polar surface area (TPSA) is 20.2 Å².